The number of rotatable bonds is 3. The highest BCUT2D eigenvalue weighted by atomic mass is 79.9. The highest BCUT2D eigenvalue weighted by molar-refractivity contribution is 9.10. The van der Waals surface area contributed by atoms with E-state index in [-0.39, 0.29) is 6.04 Å². The maximum absolute atomic E-state index is 4.39. The Kier molecular flexibility index (Phi) is 3.97. The summed E-state index contributed by atoms with van der Waals surface area (Å²) in [5, 5.41) is 3.39. The molecule has 0 radical (unpaired) electrons. The molecule has 1 aromatic heterocycles. The molecule has 0 bridgehead atoms. The van der Waals surface area contributed by atoms with Crippen LogP contribution in [0.25, 0.3) is 0 Å². The molecule has 0 fully saturated rings. The van der Waals surface area contributed by atoms with Crippen LogP contribution in [0.1, 0.15) is 30.0 Å². The molecule has 1 aromatic carbocycles. The lowest BCUT2D eigenvalue weighted by Gasteiger charge is -2.15. The minimum atomic E-state index is 0.215. The number of nitrogens with zero attached hydrogens (tertiary/aromatic N) is 2. The summed E-state index contributed by atoms with van der Waals surface area (Å²) in [7, 11) is 0. The van der Waals surface area contributed by atoms with E-state index < -0.39 is 0 Å². The second kappa shape index (κ2) is 5.48. The van der Waals surface area contributed by atoms with E-state index in [0.29, 0.717) is 0 Å². The first-order valence-electron chi connectivity index (χ1n) is 5.89. The molecule has 2 rings (SSSR count). The zero-order chi connectivity index (χ0) is 13.1. The third-order valence-electron chi connectivity index (χ3n) is 2.70. The summed E-state index contributed by atoms with van der Waals surface area (Å²) in [6.07, 6.45) is 0. The molecule has 1 atom stereocenters. The fourth-order valence-electron chi connectivity index (χ4n) is 1.85. The van der Waals surface area contributed by atoms with Gasteiger partial charge in [0.05, 0.1) is 0 Å². The lowest BCUT2D eigenvalue weighted by Crippen LogP contribution is -2.09. The van der Waals surface area contributed by atoms with Gasteiger partial charge in [0, 0.05) is 22.3 Å². The zero-order valence-corrected chi connectivity index (χ0v) is 12.3. The molecule has 1 N–H and O–H groups in total. The van der Waals surface area contributed by atoms with Gasteiger partial charge in [0.15, 0.2) is 0 Å². The van der Waals surface area contributed by atoms with E-state index in [1.54, 1.807) is 0 Å². The number of hydrogen-bond donors (Lipinski definition) is 1. The lowest BCUT2D eigenvalue weighted by atomic mass is 10.1. The summed E-state index contributed by atoms with van der Waals surface area (Å²) in [4.78, 5) is 8.65. The van der Waals surface area contributed by atoms with Gasteiger partial charge in [-0.2, -0.15) is 0 Å². The minimum absolute atomic E-state index is 0.215. The standard InChI is InChI=1S/C14H16BrN3/c1-9-8-14(18-11(3)16-9)17-10(2)12-4-6-13(15)7-5-12/h4-8,10H,1-3H3,(H,16,17,18). The van der Waals surface area contributed by atoms with Crippen LogP contribution in [-0.4, -0.2) is 9.97 Å². The van der Waals surface area contributed by atoms with Gasteiger partial charge in [0.2, 0.25) is 0 Å². The van der Waals surface area contributed by atoms with Crippen molar-refractivity contribution in [3.63, 3.8) is 0 Å². The van der Waals surface area contributed by atoms with Crippen molar-refractivity contribution in [1.29, 1.82) is 0 Å². The van der Waals surface area contributed by atoms with Crippen LogP contribution in [0.4, 0.5) is 5.82 Å². The van der Waals surface area contributed by atoms with Crippen molar-refractivity contribution >= 4 is 21.7 Å². The molecule has 94 valence electrons. The van der Waals surface area contributed by atoms with Gasteiger partial charge < -0.3 is 5.32 Å². The Morgan fingerprint density at radius 2 is 1.78 bits per heavy atom. The summed E-state index contributed by atoms with van der Waals surface area (Å²) in [6, 6.07) is 10.5. The van der Waals surface area contributed by atoms with Gasteiger partial charge >= 0.3 is 0 Å². The van der Waals surface area contributed by atoms with Crippen molar-refractivity contribution in [2.45, 2.75) is 26.8 Å². The Bertz CT molecular complexity index is 517. The van der Waals surface area contributed by atoms with Crippen LogP contribution < -0.4 is 5.32 Å². The molecule has 18 heavy (non-hydrogen) atoms. The van der Waals surface area contributed by atoms with Gasteiger partial charge in [0.25, 0.3) is 0 Å². The highest BCUT2D eigenvalue weighted by Gasteiger charge is 2.06. The van der Waals surface area contributed by atoms with E-state index in [9.17, 15) is 0 Å². The van der Waals surface area contributed by atoms with E-state index in [0.717, 1.165) is 21.8 Å². The predicted octanol–water partition coefficient (Wildman–Crippen LogP) is 4.03. The maximum Gasteiger partial charge on any atom is 0.130 e. The van der Waals surface area contributed by atoms with E-state index in [1.165, 1.54) is 5.56 Å². The number of benzene rings is 1. The molecular formula is C14H16BrN3. The molecule has 0 saturated carbocycles. The summed E-state index contributed by atoms with van der Waals surface area (Å²) < 4.78 is 1.09. The summed E-state index contributed by atoms with van der Waals surface area (Å²) >= 11 is 3.44. The molecule has 3 nitrogen and oxygen atoms in total. The fraction of sp³-hybridized carbons (Fsp3) is 0.286. The average molecular weight is 306 g/mol. The number of aromatic nitrogens is 2. The third kappa shape index (κ3) is 3.29. The molecule has 1 heterocycles. The first kappa shape index (κ1) is 13.0. The maximum atomic E-state index is 4.39. The smallest absolute Gasteiger partial charge is 0.130 e. The quantitative estimate of drug-likeness (QED) is 0.930. The van der Waals surface area contributed by atoms with Gasteiger partial charge in [-0.25, -0.2) is 9.97 Å². The lowest BCUT2D eigenvalue weighted by molar-refractivity contribution is 0.863. The Hall–Kier alpha value is -1.42. The third-order valence-corrected chi connectivity index (χ3v) is 3.23. The summed E-state index contributed by atoms with van der Waals surface area (Å²) in [6.45, 7) is 6.00. The van der Waals surface area contributed by atoms with E-state index in [1.807, 2.05) is 32.0 Å². The Morgan fingerprint density at radius 3 is 2.39 bits per heavy atom. The topological polar surface area (TPSA) is 37.8 Å². The second-order valence-corrected chi connectivity index (χ2v) is 5.28. The van der Waals surface area contributed by atoms with Crippen LogP contribution in [0.2, 0.25) is 0 Å². The van der Waals surface area contributed by atoms with Gasteiger partial charge in [-0.05, 0) is 38.5 Å². The van der Waals surface area contributed by atoms with Crippen LogP contribution in [0.5, 0.6) is 0 Å². The van der Waals surface area contributed by atoms with Crippen LogP contribution in [0, 0.1) is 13.8 Å². The molecule has 2 aromatic rings. The molecule has 0 saturated heterocycles. The summed E-state index contributed by atoms with van der Waals surface area (Å²) in [5.41, 5.74) is 2.21. The molecule has 0 aliphatic carbocycles. The predicted molar refractivity (Wildman–Crippen MR) is 77.7 cm³/mol. The first-order chi connectivity index (χ1) is 8.54. The average Bonchev–Trinajstić information content (AvgIpc) is 2.28. The van der Waals surface area contributed by atoms with Crippen molar-refractivity contribution in [3.8, 4) is 0 Å². The van der Waals surface area contributed by atoms with Crippen molar-refractivity contribution < 1.29 is 0 Å². The summed E-state index contributed by atoms with van der Waals surface area (Å²) in [5.74, 6) is 1.66. The van der Waals surface area contributed by atoms with Crippen molar-refractivity contribution in [2.75, 3.05) is 5.32 Å². The van der Waals surface area contributed by atoms with Gasteiger partial charge in [-0.3, -0.25) is 0 Å². The molecule has 4 heteroatoms. The second-order valence-electron chi connectivity index (χ2n) is 4.36. The van der Waals surface area contributed by atoms with Gasteiger partial charge in [-0.1, -0.05) is 28.1 Å². The monoisotopic (exact) mass is 305 g/mol. The van der Waals surface area contributed by atoms with Crippen molar-refractivity contribution in [1.82, 2.24) is 9.97 Å². The molecule has 0 aliphatic heterocycles. The van der Waals surface area contributed by atoms with Crippen LogP contribution in [0.3, 0.4) is 0 Å². The van der Waals surface area contributed by atoms with Crippen molar-refractivity contribution in [3.05, 3.63) is 51.9 Å². The fourth-order valence-corrected chi connectivity index (χ4v) is 2.11. The molecule has 0 amide bonds. The highest BCUT2D eigenvalue weighted by Crippen LogP contribution is 2.20. The molecule has 0 spiro atoms. The van der Waals surface area contributed by atoms with Gasteiger partial charge in [-0.15, -0.1) is 0 Å². The van der Waals surface area contributed by atoms with Crippen LogP contribution >= 0.6 is 15.9 Å². The minimum Gasteiger partial charge on any atom is -0.363 e. The van der Waals surface area contributed by atoms with E-state index >= 15 is 0 Å². The van der Waals surface area contributed by atoms with E-state index in [4.69, 9.17) is 0 Å². The molecular weight excluding hydrogens is 290 g/mol. The first-order valence-corrected chi connectivity index (χ1v) is 6.68. The molecule has 1 unspecified atom stereocenters. The number of nitrogens with one attached hydrogen (secondary N) is 1. The molecule has 0 aliphatic rings. The number of hydrogen-bond acceptors (Lipinski definition) is 3. The number of halogens is 1. The number of anilines is 1. The Morgan fingerprint density at radius 1 is 1.11 bits per heavy atom. The van der Waals surface area contributed by atoms with Crippen molar-refractivity contribution in [2.24, 2.45) is 0 Å². The van der Waals surface area contributed by atoms with E-state index in [2.05, 4.69) is 50.3 Å². The SMILES string of the molecule is Cc1cc(NC(C)c2ccc(Br)cc2)nc(C)n1. The Labute approximate surface area is 116 Å². The normalized spacial score (nSPS) is 12.2. The Balaban J connectivity index is 2.15. The largest absolute Gasteiger partial charge is 0.363 e. The zero-order valence-electron chi connectivity index (χ0n) is 10.7. The van der Waals surface area contributed by atoms with Crippen LogP contribution in [0.15, 0.2) is 34.8 Å². The van der Waals surface area contributed by atoms with Gasteiger partial charge in [0.1, 0.15) is 11.6 Å². The van der Waals surface area contributed by atoms with Crippen LogP contribution in [-0.2, 0) is 0 Å². The number of aryl methyl sites for hydroxylation is 2.